The summed E-state index contributed by atoms with van der Waals surface area (Å²) < 4.78 is 31.0. The van der Waals surface area contributed by atoms with Crippen molar-refractivity contribution in [2.24, 2.45) is 0 Å². The topological polar surface area (TPSA) is 84.0 Å². The van der Waals surface area contributed by atoms with Crippen LogP contribution in [0.4, 0.5) is 4.79 Å². The van der Waals surface area contributed by atoms with Crippen molar-refractivity contribution in [3.8, 4) is 0 Å². The lowest BCUT2D eigenvalue weighted by atomic mass is 10.2. The van der Waals surface area contributed by atoms with E-state index in [0.29, 0.717) is 5.56 Å². The number of sulfonamides is 1. The maximum absolute atomic E-state index is 12.5. The number of amides is 1. The quantitative estimate of drug-likeness (QED) is 0.773. The van der Waals surface area contributed by atoms with Crippen LogP contribution in [0.1, 0.15) is 17.3 Å². The molecule has 1 aromatic rings. The highest BCUT2D eigenvalue weighted by molar-refractivity contribution is 7.89. The Labute approximate surface area is 129 Å². The second-order valence-corrected chi connectivity index (χ2v) is 6.88. The summed E-state index contributed by atoms with van der Waals surface area (Å²) in [4.78, 5) is 24.2. The summed E-state index contributed by atoms with van der Waals surface area (Å²) in [6.07, 6.45) is -0.456. The van der Waals surface area contributed by atoms with Crippen LogP contribution in [0.25, 0.3) is 0 Å². The van der Waals surface area contributed by atoms with Crippen molar-refractivity contribution >= 4 is 21.9 Å². The number of rotatable bonds is 3. The molecule has 2 rings (SSSR count). The molecule has 0 saturated carbocycles. The molecule has 8 heteroatoms. The molecule has 1 aliphatic rings. The third kappa shape index (κ3) is 3.28. The fourth-order valence-electron chi connectivity index (χ4n) is 2.25. The van der Waals surface area contributed by atoms with Gasteiger partial charge in [-0.25, -0.2) is 13.2 Å². The summed E-state index contributed by atoms with van der Waals surface area (Å²) in [5, 5.41) is 0. The normalized spacial score (nSPS) is 16.4. The fraction of sp³-hybridized carbons (Fsp3) is 0.429. The van der Waals surface area contributed by atoms with Gasteiger partial charge in [-0.15, -0.1) is 0 Å². The van der Waals surface area contributed by atoms with E-state index >= 15 is 0 Å². The molecule has 1 heterocycles. The molecule has 7 nitrogen and oxygen atoms in total. The fourth-order valence-corrected chi connectivity index (χ4v) is 3.67. The Morgan fingerprint density at radius 1 is 1.05 bits per heavy atom. The summed E-state index contributed by atoms with van der Waals surface area (Å²) in [6, 6.07) is 5.86. The number of Topliss-reactive ketones (excluding diaryl/α,β-unsaturated/α-hetero) is 1. The van der Waals surface area contributed by atoms with E-state index in [4.69, 9.17) is 0 Å². The molecular weight excluding hydrogens is 308 g/mol. The Kier molecular flexibility index (Phi) is 4.82. The summed E-state index contributed by atoms with van der Waals surface area (Å²) in [6.45, 7) is 2.43. The number of methoxy groups -OCH3 is 1. The first-order chi connectivity index (χ1) is 10.4. The van der Waals surface area contributed by atoms with Crippen LogP contribution in [0.3, 0.4) is 0 Å². The van der Waals surface area contributed by atoms with Gasteiger partial charge in [0.05, 0.1) is 12.0 Å². The number of piperazine rings is 1. The number of carbonyl (C=O) groups excluding carboxylic acids is 2. The largest absolute Gasteiger partial charge is 0.453 e. The minimum absolute atomic E-state index is 0.115. The van der Waals surface area contributed by atoms with E-state index < -0.39 is 16.1 Å². The van der Waals surface area contributed by atoms with E-state index in [-0.39, 0.29) is 36.9 Å². The molecule has 0 bridgehead atoms. The van der Waals surface area contributed by atoms with Crippen molar-refractivity contribution in [3.05, 3.63) is 29.8 Å². The van der Waals surface area contributed by atoms with Crippen LogP contribution in [-0.2, 0) is 14.8 Å². The van der Waals surface area contributed by atoms with Crippen molar-refractivity contribution < 1.29 is 22.7 Å². The first-order valence-electron chi connectivity index (χ1n) is 6.80. The van der Waals surface area contributed by atoms with Gasteiger partial charge in [0, 0.05) is 31.7 Å². The van der Waals surface area contributed by atoms with Crippen LogP contribution in [-0.4, -0.2) is 62.8 Å². The molecular formula is C14H18N2O5S. The molecule has 0 N–H and O–H groups in total. The molecule has 1 fully saturated rings. The third-order valence-corrected chi connectivity index (χ3v) is 5.48. The zero-order valence-electron chi connectivity index (χ0n) is 12.5. The van der Waals surface area contributed by atoms with Crippen LogP contribution >= 0.6 is 0 Å². The first-order valence-corrected chi connectivity index (χ1v) is 8.24. The highest BCUT2D eigenvalue weighted by Crippen LogP contribution is 2.18. The van der Waals surface area contributed by atoms with Crippen molar-refractivity contribution in [2.45, 2.75) is 11.8 Å². The summed E-state index contributed by atoms with van der Waals surface area (Å²) >= 11 is 0. The number of hydrogen-bond donors (Lipinski definition) is 0. The second kappa shape index (κ2) is 6.45. The van der Waals surface area contributed by atoms with E-state index in [1.807, 2.05) is 0 Å². The van der Waals surface area contributed by atoms with Gasteiger partial charge in [0.2, 0.25) is 10.0 Å². The molecule has 0 radical (unpaired) electrons. The van der Waals surface area contributed by atoms with Gasteiger partial charge in [-0.1, -0.05) is 12.1 Å². The van der Waals surface area contributed by atoms with Crippen molar-refractivity contribution in [3.63, 3.8) is 0 Å². The van der Waals surface area contributed by atoms with Gasteiger partial charge in [-0.05, 0) is 19.1 Å². The summed E-state index contributed by atoms with van der Waals surface area (Å²) in [5.74, 6) is -0.115. The number of nitrogens with zero attached hydrogens (tertiary/aromatic N) is 2. The van der Waals surface area contributed by atoms with E-state index in [0.717, 1.165) is 0 Å². The summed E-state index contributed by atoms with van der Waals surface area (Å²) in [5.41, 5.74) is 0.467. The Balaban J connectivity index is 2.11. The zero-order chi connectivity index (χ0) is 16.3. The molecule has 0 spiro atoms. The van der Waals surface area contributed by atoms with Crippen LogP contribution < -0.4 is 0 Å². The Hall–Kier alpha value is -1.93. The molecule has 22 heavy (non-hydrogen) atoms. The minimum atomic E-state index is -3.62. The highest BCUT2D eigenvalue weighted by Gasteiger charge is 2.30. The van der Waals surface area contributed by atoms with Crippen molar-refractivity contribution in [1.82, 2.24) is 9.21 Å². The molecule has 0 aliphatic carbocycles. The van der Waals surface area contributed by atoms with E-state index in [2.05, 4.69) is 4.74 Å². The molecule has 1 aliphatic heterocycles. The Morgan fingerprint density at radius 3 is 2.05 bits per heavy atom. The van der Waals surface area contributed by atoms with Gasteiger partial charge < -0.3 is 9.64 Å². The number of benzene rings is 1. The van der Waals surface area contributed by atoms with Gasteiger partial charge in [-0.2, -0.15) is 4.31 Å². The van der Waals surface area contributed by atoms with E-state index in [9.17, 15) is 18.0 Å². The molecule has 1 saturated heterocycles. The number of hydrogen-bond acceptors (Lipinski definition) is 5. The maximum Gasteiger partial charge on any atom is 0.409 e. The van der Waals surface area contributed by atoms with Gasteiger partial charge in [0.15, 0.2) is 5.78 Å². The maximum atomic E-state index is 12.5. The van der Waals surface area contributed by atoms with Gasteiger partial charge in [-0.3, -0.25) is 4.79 Å². The Morgan fingerprint density at radius 2 is 1.59 bits per heavy atom. The molecule has 0 unspecified atom stereocenters. The van der Waals surface area contributed by atoms with Crippen molar-refractivity contribution in [2.75, 3.05) is 33.3 Å². The lowest BCUT2D eigenvalue weighted by molar-refractivity contribution is 0.101. The highest BCUT2D eigenvalue weighted by atomic mass is 32.2. The lowest BCUT2D eigenvalue weighted by Crippen LogP contribution is -2.50. The predicted molar refractivity (Wildman–Crippen MR) is 79.2 cm³/mol. The number of carbonyl (C=O) groups is 2. The second-order valence-electron chi connectivity index (χ2n) is 4.94. The van der Waals surface area contributed by atoms with E-state index in [1.54, 1.807) is 0 Å². The molecule has 0 aromatic heterocycles. The third-order valence-electron chi connectivity index (χ3n) is 3.57. The standard InChI is InChI=1S/C14H18N2O5S/c1-11(17)12-3-5-13(6-4-12)22(19,20)16-9-7-15(8-10-16)14(18)21-2/h3-6H,7-10H2,1-2H3. The number of ketones is 1. The zero-order valence-corrected chi connectivity index (χ0v) is 13.3. The Bertz CT molecular complexity index is 661. The lowest BCUT2D eigenvalue weighted by Gasteiger charge is -2.33. The van der Waals surface area contributed by atoms with Gasteiger partial charge >= 0.3 is 6.09 Å². The SMILES string of the molecule is COC(=O)N1CCN(S(=O)(=O)c2ccc(C(C)=O)cc2)CC1. The summed E-state index contributed by atoms with van der Waals surface area (Å²) in [7, 11) is -2.32. The van der Waals surface area contributed by atoms with Crippen LogP contribution in [0, 0.1) is 0 Å². The smallest absolute Gasteiger partial charge is 0.409 e. The average Bonchev–Trinajstić information content (AvgIpc) is 2.54. The minimum Gasteiger partial charge on any atom is -0.453 e. The van der Waals surface area contributed by atoms with E-state index in [1.165, 1.54) is 47.5 Å². The van der Waals surface area contributed by atoms with Gasteiger partial charge in [0.1, 0.15) is 0 Å². The van der Waals surface area contributed by atoms with Crippen molar-refractivity contribution in [1.29, 1.82) is 0 Å². The number of ether oxygens (including phenoxy) is 1. The van der Waals surface area contributed by atoms with Crippen LogP contribution in [0.5, 0.6) is 0 Å². The molecule has 0 atom stereocenters. The monoisotopic (exact) mass is 326 g/mol. The van der Waals surface area contributed by atoms with Gasteiger partial charge in [0.25, 0.3) is 0 Å². The average molecular weight is 326 g/mol. The molecule has 120 valence electrons. The molecule has 1 amide bonds. The predicted octanol–water partition coefficient (Wildman–Crippen LogP) is 0.962. The first kappa shape index (κ1) is 16.4. The van der Waals surface area contributed by atoms with Crippen LogP contribution in [0.15, 0.2) is 29.2 Å². The van der Waals surface area contributed by atoms with Crippen LogP contribution in [0.2, 0.25) is 0 Å². The molecule has 1 aromatic carbocycles.